The second-order valence-corrected chi connectivity index (χ2v) is 9.05. The number of sulfonamides is 1. The van der Waals surface area contributed by atoms with Crippen molar-refractivity contribution < 1.29 is 17.9 Å². The number of fused-ring (bicyclic) bond motifs is 3. The smallest absolute Gasteiger partial charge is 0.334 e. The van der Waals surface area contributed by atoms with Crippen molar-refractivity contribution in [3.63, 3.8) is 0 Å². The van der Waals surface area contributed by atoms with Crippen molar-refractivity contribution in [2.24, 2.45) is 0 Å². The van der Waals surface area contributed by atoms with Gasteiger partial charge in [0.05, 0.1) is 18.9 Å². The van der Waals surface area contributed by atoms with Gasteiger partial charge in [0.2, 0.25) is 10.0 Å². The molecule has 0 spiro atoms. The number of benzene rings is 1. The van der Waals surface area contributed by atoms with Crippen molar-refractivity contribution in [2.45, 2.75) is 58.0 Å². The van der Waals surface area contributed by atoms with E-state index < -0.39 is 10.0 Å². The third kappa shape index (κ3) is 3.68. The maximum Gasteiger partial charge on any atom is 0.334 e. The Morgan fingerprint density at radius 3 is 2.62 bits per heavy atom. The van der Waals surface area contributed by atoms with Gasteiger partial charge in [-0.15, -0.1) is 0 Å². The van der Waals surface area contributed by atoms with Gasteiger partial charge in [0.15, 0.2) is 0 Å². The van der Waals surface area contributed by atoms with E-state index in [0.29, 0.717) is 6.54 Å². The van der Waals surface area contributed by atoms with Crippen LogP contribution in [0.5, 0.6) is 5.75 Å². The molecule has 1 aromatic rings. The summed E-state index contributed by atoms with van der Waals surface area (Å²) in [5.74, 6) is 0.691. The molecule has 1 unspecified atom stereocenters. The monoisotopic (exact) mass is 380 g/mol. The second kappa shape index (κ2) is 7.86. The molecule has 1 fully saturated rings. The summed E-state index contributed by atoms with van der Waals surface area (Å²) >= 11 is 0. The highest BCUT2D eigenvalue weighted by atomic mass is 32.2. The highest BCUT2D eigenvalue weighted by Gasteiger charge is 2.46. The lowest BCUT2D eigenvalue weighted by atomic mass is 10.1. The van der Waals surface area contributed by atoms with Gasteiger partial charge in [-0.1, -0.05) is 45.1 Å². The Labute approximate surface area is 156 Å². The molecule has 0 radical (unpaired) electrons. The molecule has 0 aliphatic carbocycles. The number of carbonyl (C=O) groups is 1. The summed E-state index contributed by atoms with van der Waals surface area (Å²) in [6.07, 6.45) is 6.34. The molecule has 1 saturated heterocycles. The molecule has 2 amide bonds. The van der Waals surface area contributed by atoms with E-state index >= 15 is 0 Å². The summed E-state index contributed by atoms with van der Waals surface area (Å²) in [6, 6.07) is 4.83. The van der Waals surface area contributed by atoms with Gasteiger partial charge in [-0.05, 0) is 29.7 Å². The van der Waals surface area contributed by atoms with Crippen LogP contribution in [-0.4, -0.2) is 43.1 Å². The molecule has 1 atom stereocenters. The highest BCUT2D eigenvalue weighted by molar-refractivity contribution is 7.89. The van der Waals surface area contributed by atoms with Gasteiger partial charge in [0.25, 0.3) is 0 Å². The number of ether oxygens (including phenoxy) is 1. The van der Waals surface area contributed by atoms with Crippen LogP contribution < -0.4 is 4.74 Å². The minimum absolute atomic E-state index is 0.0338. The lowest BCUT2D eigenvalue weighted by Crippen LogP contribution is -2.53. The van der Waals surface area contributed by atoms with Crippen LogP contribution >= 0.6 is 0 Å². The fraction of sp³-hybridized carbons (Fsp3) is 0.632. The number of hydrogen-bond acceptors (Lipinski definition) is 4. The Balaban J connectivity index is 1.68. The molecule has 2 heterocycles. The first-order valence-corrected chi connectivity index (χ1v) is 11.1. The van der Waals surface area contributed by atoms with E-state index in [-0.39, 0.29) is 24.4 Å². The number of rotatable bonds is 8. The van der Waals surface area contributed by atoms with Crippen molar-refractivity contribution in [1.82, 2.24) is 9.21 Å². The Bertz CT molecular complexity index is 763. The summed E-state index contributed by atoms with van der Waals surface area (Å²) in [5, 5.41) is 0. The van der Waals surface area contributed by atoms with E-state index in [1.807, 2.05) is 18.2 Å². The van der Waals surface area contributed by atoms with Gasteiger partial charge in [0.1, 0.15) is 5.75 Å². The molecule has 0 bridgehead atoms. The number of amides is 2. The maximum atomic E-state index is 12.9. The fourth-order valence-corrected chi connectivity index (χ4v) is 5.52. The molecule has 0 N–H and O–H groups in total. The lowest BCUT2D eigenvalue weighted by molar-refractivity contribution is 0.156. The van der Waals surface area contributed by atoms with E-state index in [0.717, 1.165) is 40.4 Å². The second-order valence-electron chi connectivity index (χ2n) is 7.11. The standard InChI is InChI=1S/C19H28N2O4S/c1-3-4-5-6-7-8-11-21-19(22)20-13-15-12-16(25-2)9-10-17(15)18(20)14-26(21,23)24/h9-10,12,18H,3-8,11,13-14H2,1-2H3. The quantitative estimate of drug-likeness (QED) is 0.645. The molecule has 26 heavy (non-hydrogen) atoms. The Kier molecular flexibility index (Phi) is 5.75. The Hall–Kier alpha value is -1.76. The molecular weight excluding hydrogens is 352 g/mol. The number of unbranched alkanes of at least 4 members (excludes halogenated alkanes) is 5. The molecule has 0 aromatic heterocycles. The third-order valence-electron chi connectivity index (χ3n) is 5.30. The predicted octanol–water partition coefficient (Wildman–Crippen LogP) is 3.68. The van der Waals surface area contributed by atoms with Gasteiger partial charge in [0, 0.05) is 13.1 Å². The molecule has 1 aromatic carbocycles. The zero-order chi connectivity index (χ0) is 18.7. The van der Waals surface area contributed by atoms with Crippen molar-refractivity contribution in [3.05, 3.63) is 29.3 Å². The van der Waals surface area contributed by atoms with E-state index in [1.54, 1.807) is 12.0 Å². The summed E-state index contributed by atoms with van der Waals surface area (Å²) in [4.78, 5) is 14.5. The average molecular weight is 381 g/mol. The minimum atomic E-state index is -3.57. The topological polar surface area (TPSA) is 66.9 Å². The third-order valence-corrected chi connectivity index (χ3v) is 7.05. The number of methoxy groups -OCH3 is 1. The van der Waals surface area contributed by atoms with Gasteiger partial charge in [-0.25, -0.2) is 17.5 Å². The Morgan fingerprint density at radius 2 is 1.88 bits per heavy atom. The average Bonchev–Trinajstić information content (AvgIpc) is 2.97. The van der Waals surface area contributed by atoms with Crippen LogP contribution in [0.1, 0.15) is 62.6 Å². The number of carbonyl (C=O) groups excluding carboxylic acids is 1. The van der Waals surface area contributed by atoms with Crippen LogP contribution in [0.15, 0.2) is 18.2 Å². The summed E-state index contributed by atoms with van der Waals surface area (Å²) in [5.41, 5.74) is 1.89. The first-order chi connectivity index (χ1) is 12.5. The zero-order valence-electron chi connectivity index (χ0n) is 15.6. The molecular formula is C19H28N2O4S. The summed E-state index contributed by atoms with van der Waals surface area (Å²) < 4.78 is 31.7. The van der Waals surface area contributed by atoms with Gasteiger partial charge >= 0.3 is 6.03 Å². The SMILES string of the molecule is CCCCCCCCN1C(=O)N2Cc3cc(OC)ccc3C2CS1(=O)=O. The van der Waals surface area contributed by atoms with E-state index in [4.69, 9.17) is 4.74 Å². The maximum absolute atomic E-state index is 12.9. The van der Waals surface area contributed by atoms with Crippen molar-refractivity contribution in [3.8, 4) is 5.75 Å². The summed E-state index contributed by atoms with van der Waals surface area (Å²) in [6.45, 7) is 2.90. The lowest BCUT2D eigenvalue weighted by Gasteiger charge is -2.37. The van der Waals surface area contributed by atoms with Crippen molar-refractivity contribution in [2.75, 3.05) is 19.4 Å². The molecule has 144 valence electrons. The van der Waals surface area contributed by atoms with Crippen LogP contribution in [0.4, 0.5) is 4.79 Å². The van der Waals surface area contributed by atoms with E-state index in [2.05, 4.69) is 6.92 Å². The molecule has 6 nitrogen and oxygen atoms in total. The molecule has 0 saturated carbocycles. The van der Waals surface area contributed by atoms with Gasteiger partial charge in [-0.3, -0.25) is 0 Å². The summed E-state index contributed by atoms with van der Waals surface area (Å²) in [7, 11) is -1.97. The Morgan fingerprint density at radius 1 is 1.15 bits per heavy atom. The molecule has 3 rings (SSSR count). The fourth-order valence-electron chi connectivity index (χ4n) is 3.84. The minimum Gasteiger partial charge on any atom is -0.497 e. The first kappa shape index (κ1) is 19.0. The number of urea groups is 1. The largest absolute Gasteiger partial charge is 0.497 e. The number of nitrogens with zero attached hydrogens (tertiary/aromatic N) is 2. The van der Waals surface area contributed by atoms with Crippen LogP contribution in [0.3, 0.4) is 0 Å². The van der Waals surface area contributed by atoms with Crippen molar-refractivity contribution in [1.29, 1.82) is 0 Å². The first-order valence-electron chi connectivity index (χ1n) is 9.45. The van der Waals surface area contributed by atoms with E-state index in [9.17, 15) is 13.2 Å². The van der Waals surface area contributed by atoms with Crippen LogP contribution in [0.25, 0.3) is 0 Å². The van der Waals surface area contributed by atoms with E-state index in [1.165, 1.54) is 19.3 Å². The van der Waals surface area contributed by atoms with Crippen molar-refractivity contribution >= 4 is 16.1 Å². The number of hydrogen-bond donors (Lipinski definition) is 0. The van der Waals surface area contributed by atoms with Crippen LogP contribution in [0.2, 0.25) is 0 Å². The molecule has 2 aliphatic heterocycles. The highest BCUT2D eigenvalue weighted by Crippen LogP contribution is 2.40. The van der Waals surface area contributed by atoms with Gasteiger partial charge < -0.3 is 9.64 Å². The van der Waals surface area contributed by atoms with Gasteiger partial charge in [-0.2, -0.15) is 0 Å². The normalized spacial score (nSPS) is 20.8. The molecule has 2 aliphatic rings. The van der Waals surface area contributed by atoms with Crippen LogP contribution in [0, 0.1) is 0 Å². The molecule has 7 heteroatoms. The zero-order valence-corrected chi connectivity index (χ0v) is 16.4. The predicted molar refractivity (Wildman–Crippen MR) is 101 cm³/mol. The van der Waals surface area contributed by atoms with Crippen LogP contribution in [-0.2, 0) is 16.6 Å².